The molecule has 4 rings (SSSR count). The zero-order chi connectivity index (χ0) is 22.0. The van der Waals surface area contributed by atoms with Crippen molar-refractivity contribution in [1.82, 2.24) is 10.2 Å². The number of carbonyl (C=O) groups excluding carboxylic acids is 2. The minimum atomic E-state index is -1.20. The maximum Gasteiger partial charge on any atom is 0.325 e. The number of nitrogens with one attached hydrogen (secondary N) is 1. The molecule has 1 aliphatic heterocycles. The van der Waals surface area contributed by atoms with E-state index in [0.717, 1.165) is 15.7 Å². The lowest BCUT2D eigenvalue weighted by atomic mass is 9.87. The highest BCUT2D eigenvalue weighted by molar-refractivity contribution is 6.30. The van der Waals surface area contributed by atoms with Gasteiger partial charge in [-0.1, -0.05) is 67.1 Å². The summed E-state index contributed by atoms with van der Waals surface area (Å²) in [7, 11) is 0. The second-order valence-corrected chi connectivity index (χ2v) is 7.99. The molecule has 31 heavy (non-hydrogen) atoms. The van der Waals surface area contributed by atoms with Crippen LogP contribution in [0.3, 0.4) is 0 Å². The number of amides is 3. The van der Waals surface area contributed by atoms with E-state index in [1.54, 1.807) is 24.3 Å². The zero-order valence-electron chi connectivity index (χ0n) is 17.0. The van der Waals surface area contributed by atoms with Crippen molar-refractivity contribution in [2.75, 3.05) is 13.2 Å². The van der Waals surface area contributed by atoms with Crippen LogP contribution in [0.4, 0.5) is 4.79 Å². The summed E-state index contributed by atoms with van der Waals surface area (Å²) in [6.45, 7) is 1.60. The maximum atomic E-state index is 13.2. The van der Waals surface area contributed by atoms with E-state index >= 15 is 0 Å². The number of urea groups is 1. The van der Waals surface area contributed by atoms with Gasteiger partial charge in [0.1, 0.15) is 24.0 Å². The Morgan fingerprint density at radius 1 is 1.10 bits per heavy atom. The van der Waals surface area contributed by atoms with Gasteiger partial charge in [0.2, 0.25) is 0 Å². The molecule has 1 saturated heterocycles. The van der Waals surface area contributed by atoms with Crippen LogP contribution in [-0.4, -0.2) is 41.2 Å². The molecule has 160 valence electrons. The number of ether oxygens (including phenoxy) is 1. The molecule has 0 aliphatic carbocycles. The number of aliphatic hydroxyl groups excluding tert-OH is 1. The Morgan fingerprint density at radius 3 is 2.61 bits per heavy atom. The predicted molar refractivity (Wildman–Crippen MR) is 119 cm³/mol. The van der Waals surface area contributed by atoms with Crippen LogP contribution >= 0.6 is 11.6 Å². The van der Waals surface area contributed by atoms with Crippen LogP contribution in [-0.2, 0) is 10.3 Å². The van der Waals surface area contributed by atoms with Crippen molar-refractivity contribution < 1.29 is 19.4 Å². The van der Waals surface area contributed by atoms with Crippen LogP contribution in [0.15, 0.2) is 66.7 Å². The van der Waals surface area contributed by atoms with Crippen LogP contribution < -0.4 is 10.1 Å². The average molecular weight is 439 g/mol. The van der Waals surface area contributed by atoms with Crippen LogP contribution in [0.25, 0.3) is 10.8 Å². The topological polar surface area (TPSA) is 78.9 Å². The Kier molecular flexibility index (Phi) is 5.85. The molecule has 3 amide bonds. The number of nitrogens with zero attached hydrogens (tertiary/aromatic N) is 1. The third kappa shape index (κ3) is 3.96. The van der Waals surface area contributed by atoms with Crippen molar-refractivity contribution in [2.24, 2.45) is 0 Å². The quantitative estimate of drug-likeness (QED) is 0.544. The second-order valence-electron chi connectivity index (χ2n) is 7.56. The van der Waals surface area contributed by atoms with E-state index in [1.165, 1.54) is 0 Å². The molecule has 0 saturated carbocycles. The second kappa shape index (κ2) is 8.57. The molecule has 0 aromatic heterocycles. The first kappa shape index (κ1) is 21.2. The van der Waals surface area contributed by atoms with Crippen LogP contribution in [0, 0.1) is 0 Å². The molecular formula is C24H23ClN2O4. The normalized spacial score (nSPS) is 19.5. The van der Waals surface area contributed by atoms with Gasteiger partial charge in [-0.05, 0) is 35.6 Å². The van der Waals surface area contributed by atoms with E-state index in [-0.39, 0.29) is 13.2 Å². The van der Waals surface area contributed by atoms with Gasteiger partial charge in [-0.3, -0.25) is 9.69 Å². The van der Waals surface area contributed by atoms with Gasteiger partial charge in [0, 0.05) is 10.4 Å². The maximum absolute atomic E-state index is 13.2. The molecule has 0 spiro atoms. The van der Waals surface area contributed by atoms with Gasteiger partial charge in [-0.2, -0.15) is 0 Å². The van der Waals surface area contributed by atoms with Gasteiger partial charge in [-0.25, -0.2) is 4.79 Å². The number of β-amino-alcohol motifs (C(OH)–C–C–N with tert-alkyl or cyclic N) is 1. The molecule has 2 atom stereocenters. The number of carbonyl (C=O) groups is 2. The monoisotopic (exact) mass is 438 g/mol. The fourth-order valence-electron chi connectivity index (χ4n) is 3.96. The predicted octanol–water partition coefficient (Wildman–Crippen LogP) is 4.09. The van der Waals surface area contributed by atoms with Crippen molar-refractivity contribution >= 4 is 34.3 Å². The summed E-state index contributed by atoms with van der Waals surface area (Å²) in [5, 5.41) is 15.7. The molecule has 2 N–H and O–H groups in total. The highest BCUT2D eigenvalue weighted by atomic mass is 35.5. The number of fused-ring (bicyclic) bond motifs is 1. The fraction of sp³-hybridized carbons (Fsp3) is 0.250. The third-order valence-corrected chi connectivity index (χ3v) is 5.83. The Labute approximate surface area is 185 Å². The van der Waals surface area contributed by atoms with E-state index in [0.29, 0.717) is 22.8 Å². The molecule has 3 aromatic carbocycles. The van der Waals surface area contributed by atoms with E-state index in [4.69, 9.17) is 16.3 Å². The number of halogens is 1. The third-order valence-electron chi connectivity index (χ3n) is 5.60. The zero-order valence-corrected chi connectivity index (χ0v) is 17.8. The molecule has 0 radical (unpaired) electrons. The minimum absolute atomic E-state index is 0.0542. The Bertz CT molecular complexity index is 1130. The highest BCUT2D eigenvalue weighted by Gasteiger charge is 2.51. The molecule has 0 unspecified atom stereocenters. The number of benzene rings is 3. The van der Waals surface area contributed by atoms with Gasteiger partial charge in [0.15, 0.2) is 0 Å². The SMILES string of the molecule is CC[C@@]1(c2cccc(Cl)c2)NC(=O)N(C[C@@H](O)COc2cccc3ccccc23)C1=O. The van der Waals surface area contributed by atoms with Crippen molar-refractivity contribution in [3.8, 4) is 5.75 Å². The van der Waals surface area contributed by atoms with Crippen LogP contribution in [0.2, 0.25) is 5.02 Å². The Morgan fingerprint density at radius 2 is 1.84 bits per heavy atom. The lowest BCUT2D eigenvalue weighted by molar-refractivity contribution is -0.132. The first-order valence-electron chi connectivity index (χ1n) is 10.1. The lowest BCUT2D eigenvalue weighted by Crippen LogP contribution is -2.44. The Hall–Kier alpha value is -3.09. The molecule has 3 aromatic rings. The van der Waals surface area contributed by atoms with Crippen molar-refractivity contribution in [3.05, 3.63) is 77.3 Å². The summed E-state index contributed by atoms with van der Waals surface area (Å²) in [6.07, 6.45) is -0.683. The van der Waals surface area contributed by atoms with Crippen LogP contribution in [0.1, 0.15) is 18.9 Å². The summed E-state index contributed by atoms with van der Waals surface area (Å²) in [4.78, 5) is 26.9. The van der Waals surface area contributed by atoms with Gasteiger partial charge in [0.05, 0.1) is 6.54 Å². The van der Waals surface area contributed by atoms with Gasteiger partial charge in [0.25, 0.3) is 5.91 Å². The first-order valence-corrected chi connectivity index (χ1v) is 10.5. The minimum Gasteiger partial charge on any atom is -0.490 e. The molecule has 6 nitrogen and oxygen atoms in total. The van der Waals surface area contributed by atoms with E-state index in [1.807, 2.05) is 49.4 Å². The summed E-state index contributed by atoms with van der Waals surface area (Å²) in [5.41, 5.74) is -0.581. The molecule has 1 heterocycles. The van der Waals surface area contributed by atoms with E-state index in [9.17, 15) is 14.7 Å². The van der Waals surface area contributed by atoms with Crippen molar-refractivity contribution in [3.63, 3.8) is 0 Å². The first-order chi connectivity index (χ1) is 14.9. The van der Waals surface area contributed by atoms with Gasteiger partial charge >= 0.3 is 6.03 Å². The fourth-order valence-corrected chi connectivity index (χ4v) is 4.15. The highest BCUT2D eigenvalue weighted by Crippen LogP contribution is 2.34. The summed E-state index contributed by atoms with van der Waals surface area (Å²) >= 11 is 6.09. The summed E-state index contributed by atoms with van der Waals surface area (Å²) in [6, 6.07) is 19.8. The van der Waals surface area contributed by atoms with Crippen molar-refractivity contribution in [1.29, 1.82) is 0 Å². The average Bonchev–Trinajstić information content (AvgIpc) is 3.02. The molecule has 1 fully saturated rings. The van der Waals surface area contributed by atoms with E-state index in [2.05, 4.69) is 5.32 Å². The number of imide groups is 1. The standard InChI is InChI=1S/C24H23ClN2O4/c1-2-24(17-9-6-10-18(25)13-17)22(29)27(23(30)26-24)14-19(28)15-31-21-12-5-8-16-7-3-4-11-20(16)21/h3-13,19,28H,2,14-15H2,1H3,(H,26,30)/t19-,24+/m1/s1. The van der Waals surface area contributed by atoms with Gasteiger partial charge < -0.3 is 15.2 Å². The number of aliphatic hydroxyl groups is 1. The molecule has 0 bridgehead atoms. The Balaban J connectivity index is 1.47. The van der Waals surface area contributed by atoms with Crippen LogP contribution in [0.5, 0.6) is 5.75 Å². The molecular weight excluding hydrogens is 416 g/mol. The molecule has 7 heteroatoms. The smallest absolute Gasteiger partial charge is 0.325 e. The summed E-state index contributed by atoms with van der Waals surface area (Å²) in [5.74, 6) is 0.225. The summed E-state index contributed by atoms with van der Waals surface area (Å²) < 4.78 is 5.80. The lowest BCUT2D eigenvalue weighted by Gasteiger charge is -2.26. The molecule has 1 aliphatic rings. The number of hydrogen-bond acceptors (Lipinski definition) is 4. The van der Waals surface area contributed by atoms with E-state index < -0.39 is 23.6 Å². The largest absolute Gasteiger partial charge is 0.490 e. The van der Waals surface area contributed by atoms with Gasteiger partial charge in [-0.15, -0.1) is 0 Å². The van der Waals surface area contributed by atoms with Crippen molar-refractivity contribution in [2.45, 2.75) is 25.0 Å². The number of rotatable bonds is 7. The number of hydrogen-bond donors (Lipinski definition) is 2.